The molecule has 0 aliphatic rings. The van der Waals surface area contributed by atoms with Gasteiger partial charge in [0.05, 0.1) is 6.42 Å². The van der Waals surface area contributed by atoms with Crippen LogP contribution in [0.2, 0.25) is 0 Å². The number of H-pyrrole nitrogens is 1. The third-order valence-corrected chi connectivity index (χ3v) is 1.61. The Kier molecular flexibility index (Phi) is 17.9. The van der Waals surface area contributed by atoms with Crippen LogP contribution in [0.1, 0.15) is 25.6 Å². The molecule has 0 aliphatic carbocycles. The van der Waals surface area contributed by atoms with Gasteiger partial charge < -0.3 is 0 Å². The second-order valence-electron chi connectivity index (χ2n) is 2.47. The van der Waals surface area contributed by atoms with E-state index in [1.807, 2.05) is 11.7 Å². The summed E-state index contributed by atoms with van der Waals surface area (Å²) >= 11 is 0. The zero-order valence-electron chi connectivity index (χ0n) is 8.25. The van der Waals surface area contributed by atoms with Crippen LogP contribution in [0.3, 0.4) is 0 Å². The average Bonchev–Trinajstić information content (AvgIpc) is 2.31. The molecule has 0 spiro atoms. The van der Waals surface area contributed by atoms with E-state index in [0.29, 0.717) is 0 Å². The standard InChI is InChI=1S/C7H13N3.3Sn.2H/c1-3-4-5-7-8-6-9-10(7)2;;;;;/h6H,3-5H2,1-2H3;;;;;/p+1. The van der Waals surface area contributed by atoms with Gasteiger partial charge in [-0.1, -0.05) is 13.3 Å². The molecule has 1 aromatic rings. The number of rotatable bonds is 3. The van der Waals surface area contributed by atoms with E-state index in [0.717, 1.165) is 12.2 Å². The molecule has 0 aliphatic heterocycles. The fraction of sp³-hybridized carbons (Fsp3) is 0.714. The second kappa shape index (κ2) is 11.6. The van der Waals surface area contributed by atoms with Crippen molar-refractivity contribution in [1.29, 1.82) is 0 Å². The van der Waals surface area contributed by atoms with Crippen LogP contribution in [0.15, 0.2) is 6.33 Å². The Labute approximate surface area is 130 Å². The third-order valence-electron chi connectivity index (χ3n) is 1.61. The van der Waals surface area contributed by atoms with Gasteiger partial charge in [-0.15, -0.1) is 0 Å². The summed E-state index contributed by atoms with van der Waals surface area (Å²) in [5.74, 6) is 1.14. The summed E-state index contributed by atoms with van der Waals surface area (Å²) in [4.78, 5) is 4.16. The number of nitrogens with zero attached hydrogens (tertiary/aromatic N) is 2. The third kappa shape index (κ3) is 7.46. The summed E-state index contributed by atoms with van der Waals surface area (Å²) in [6, 6.07) is 0. The molecule has 0 unspecified atom stereocenters. The first-order valence-corrected chi connectivity index (χ1v) is 3.73. The predicted molar refractivity (Wildman–Crippen MR) is 58.4 cm³/mol. The van der Waals surface area contributed by atoms with Crippen LogP contribution in [-0.4, -0.2) is 81.8 Å². The van der Waals surface area contributed by atoms with E-state index in [1.165, 1.54) is 12.8 Å². The molecule has 0 bridgehead atoms. The zero-order chi connectivity index (χ0) is 7.40. The summed E-state index contributed by atoms with van der Waals surface area (Å²) in [5.41, 5.74) is 0. The zero-order valence-corrected chi connectivity index (χ0v) is 17.7. The van der Waals surface area contributed by atoms with Gasteiger partial charge in [0.15, 0.2) is 0 Å². The Morgan fingerprint density at radius 1 is 1.46 bits per heavy atom. The molecule has 13 heavy (non-hydrogen) atoms. The molecule has 1 N–H and O–H groups in total. The average molecular weight is 498 g/mol. The number of hydrogen-bond acceptors (Lipinski definition) is 1. The topological polar surface area (TPSA) is 32.6 Å². The number of aromatic nitrogens is 3. The summed E-state index contributed by atoms with van der Waals surface area (Å²) in [6.07, 6.45) is 5.26. The minimum Gasteiger partial charge on any atom is 0 e. The van der Waals surface area contributed by atoms with Crippen LogP contribution in [0.5, 0.6) is 0 Å². The van der Waals surface area contributed by atoms with Gasteiger partial charge in [-0.05, 0) is 11.4 Å². The molecule has 1 heterocycles. The van der Waals surface area contributed by atoms with Crippen LogP contribution in [0.4, 0.5) is 0 Å². The van der Waals surface area contributed by atoms with Crippen molar-refractivity contribution in [2.45, 2.75) is 26.2 Å². The Hall–Kier alpha value is 1.54. The summed E-state index contributed by atoms with van der Waals surface area (Å²) in [5, 5.41) is 2.98. The van der Waals surface area contributed by atoms with Crippen LogP contribution in [0.25, 0.3) is 0 Å². The largest absolute Gasteiger partial charge is 0 e. The van der Waals surface area contributed by atoms with Crippen molar-refractivity contribution in [2.24, 2.45) is 7.05 Å². The quantitative estimate of drug-likeness (QED) is 0.417. The molecule has 0 saturated carbocycles. The van der Waals surface area contributed by atoms with Gasteiger partial charge in [-0.3, -0.25) is 0 Å². The summed E-state index contributed by atoms with van der Waals surface area (Å²) in [7, 11) is 1.98. The summed E-state index contributed by atoms with van der Waals surface area (Å²) in [6.45, 7) is 2.19. The minimum absolute atomic E-state index is 0. The minimum atomic E-state index is 0. The van der Waals surface area contributed by atoms with Crippen molar-refractivity contribution in [3.8, 4) is 0 Å². The van der Waals surface area contributed by atoms with Crippen LogP contribution < -0.4 is 4.68 Å². The van der Waals surface area contributed by atoms with Gasteiger partial charge in [0.1, 0.15) is 7.05 Å². The molecule has 0 saturated heterocycles. The van der Waals surface area contributed by atoms with E-state index in [2.05, 4.69) is 17.0 Å². The molecule has 3 nitrogen and oxygen atoms in total. The molecule has 1 rings (SSSR count). The van der Waals surface area contributed by atoms with Crippen molar-refractivity contribution in [3.63, 3.8) is 0 Å². The van der Waals surface area contributed by atoms with Crippen LogP contribution in [-0.2, 0) is 13.5 Å². The number of aryl methyl sites for hydroxylation is 2. The van der Waals surface area contributed by atoms with Gasteiger partial charge >= 0.3 is 53.6 Å². The molecule has 0 aromatic carbocycles. The first-order valence-electron chi connectivity index (χ1n) is 3.73. The molecule has 70 valence electrons. The Morgan fingerprint density at radius 3 is 2.46 bits per heavy atom. The molecular formula is C7H16N3Sn3+. The van der Waals surface area contributed by atoms with E-state index in [9.17, 15) is 0 Å². The van der Waals surface area contributed by atoms with Gasteiger partial charge in [0.25, 0.3) is 0 Å². The van der Waals surface area contributed by atoms with Crippen molar-refractivity contribution in [2.75, 3.05) is 0 Å². The fourth-order valence-corrected chi connectivity index (χ4v) is 0.918. The maximum Gasteiger partial charge on any atom is 0 e. The first-order chi connectivity index (χ1) is 4.84. The molecule has 1 aromatic heterocycles. The van der Waals surface area contributed by atoms with Gasteiger partial charge in [0.2, 0.25) is 6.33 Å². The van der Waals surface area contributed by atoms with Gasteiger partial charge in [0, 0.05) is 23.9 Å². The first kappa shape index (κ1) is 20.0. The van der Waals surface area contributed by atoms with E-state index in [1.54, 1.807) is 6.33 Å². The van der Waals surface area contributed by atoms with E-state index < -0.39 is 0 Å². The smallest absolute Gasteiger partial charge is 0 e. The molecule has 10 radical (unpaired) electrons. The molecule has 6 heteroatoms. The fourth-order valence-electron chi connectivity index (χ4n) is 0.918. The normalized spacial score (nSPS) is 7.85. The maximum absolute atomic E-state index is 4.16. The predicted octanol–water partition coefficient (Wildman–Crippen LogP) is -1.10. The molecule has 0 amide bonds. The Bertz CT molecular complexity index is 203. The van der Waals surface area contributed by atoms with Crippen molar-refractivity contribution in [1.82, 2.24) is 10.1 Å². The van der Waals surface area contributed by atoms with Gasteiger partial charge in [-0.2, -0.15) is 9.78 Å². The van der Waals surface area contributed by atoms with Crippen LogP contribution >= 0.6 is 0 Å². The Morgan fingerprint density at radius 2 is 2.08 bits per heavy atom. The van der Waals surface area contributed by atoms with E-state index in [-0.39, 0.29) is 71.7 Å². The van der Waals surface area contributed by atoms with Crippen molar-refractivity contribution in [3.05, 3.63) is 12.2 Å². The van der Waals surface area contributed by atoms with E-state index >= 15 is 0 Å². The van der Waals surface area contributed by atoms with Crippen molar-refractivity contribution >= 4 is 71.7 Å². The molecule has 0 atom stereocenters. The molecular weight excluding hydrogens is 482 g/mol. The van der Waals surface area contributed by atoms with Crippen molar-refractivity contribution < 1.29 is 4.68 Å². The number of nitrogens with one attached hydrogen (secondary N) is 1. The van der Waals surface area contributed by atoms with E-state index in [4.69, 9.17) is 0 Å². The summed E-state index contributed by atoms with van der Waals surface area (Å²) < 4.78 is 1.95. The number of hydrogen-bond donors (Lipinski definition) is 1. The molecule has 0 fully saturated rings. The van der Waals surface area contributed by atoms with Crippen LogP contribution in [0, 0.1) is 0 Å². The van der Waals surface area contributed by atoms with Gasteiger partial charge in [-0.25, -0.2) is 0 Å². The maximum atomic E-state index is 4.16. The monoisotopic (exact) mass is 502 g/mol. The Balaban J connectivity index is -0.000000333. The SMILES string of the molecule is CCCCc1nc[nH][n+]1C.[SnH].[SnH].[Sn]. The number of unbranched alkanes of at least 4 members (excludes halogenated alkanes) is 1. The second-order valence-corrected chi connectivity index (χ2v) is 2.47. The number of aromatic amines is 1.